The van der Waals surface area contributed by atoms with Crippen molar-refractivity contribution in [3.8, 4) is 17.1 Å². The van der Waals surface area contributed by atoms with Crippen LogP contribution in [0.1, 0.15) is 0 Å². The number of rotatable bonds is 3. The van der Waals surface area contributed by atoms with Crippen LogP contribution in [0.5, 0.6) is 5.75 Å². The standard InChI is InChI=1S/C15H13O6P/c16-13-11-8-4-5-9-12(11)20-14(10-6-2-1-3-7-10)15(13)21-22(17,18)19/h1-9,17-19,22H. The first kappa shape index (κ1) is 14.7. The van der Waals surface area contributed by atoms with Crippen molar-refractivity contribution in [2.75, 3.05) is 0 Å². The molecular formula is C15H13O6P. The third-order valence-electron chi connectivity index (χ3n) is 3.03. The summed E-state index contributed by atoms with van der Waals surface area (Å²) in [7, 11) is -4.94. The molecule has 0 fully saturated rings. The van der Waals surface area contributed by atoms with E-state index in [1.807, 2.05) is 0 Å². The molecule has 1 heterocycles. The van der Waals surface area contributed by atoms with E-state index in [4.69, 9.17) is 8.94 Å². The zero-order chi connectivity index (χ0) is 15.7. The second kappa shape index (κ2) is 5.51. The van der Waals surface area contributed by atoms with Gasteiger partial charge in [-0.3, -0.25) is 0 Å². The van der Waals surface area contributed by atoms with Crippen LogP contribution in [0.3, 0.4) is 0 Å². The fourth-order valence-electron chi connectivity index (χ4n) is 2.13. The molecule has 0 amide bonds. The number of para-hydroxylation sites is 1. The first-order valence-electron chi connectivity index (χ1n) is 6.43. The number of hydrogen-bond acceptors (Lipinski definition) is 6. The van der Waals surface area contributed by atoms with Gasteiger partial charge in [-0.25, -0.2) is 0 Å². The first-order chi connectivity index (χ1) is 10.5. The Hall–Kier alpha value is -2.24. The summed E-state index contributed by atoms with van der Waals surface area (Å²) in [4.78, 5) is 40.1. The van der Waals surface area contributed by atoms with E-state index in [1.54, 1.807) is 48.5 Å². The molecule has 3 aromatic rings. The molecular weight excluding hydrogens is 307 g/mol. The van der Waals surface area contributed by atoms with Crippen LogP contribution in [-0.4, -0.2) is 14.7 Å². The summed E-state index contributed by atoms with van der Waals surface area (Å²) in [5, 5.41) is 0.218. The van der Waals surface area contributed by atoms with Gasteiger partial charge in [0.1, 0.15) is 0 Å². The van der Waals surface area contributed by atoms with E-state index >= 15 is 0 Å². The van der Waals surface area contributed by atoms with E-state index < -0.39 is 19.3 Å². The first-order valence-corrected chi connectivity index (χ1v) is 8.18. The van der Waals surface area contributed by atoms with E-state index in [1.165, 1.54) is 6.07 Å². The van der Waals surface area contributed by atoms with Gasteiger partial charge in [-0.15, -0.1) is 0 Å². The summed E-state index contributed by atoms with van der Waals surface area (Å²) < 4.78 is 10.4. The van der Waals surface area contributed by atoms with Crippen molar-refractivity contribution in [3.05, 3.63) is 64.8 Å². The molecule has 7 heteroatoms. The van der Waals surface area contributed by atoms with Gasteiger partial charge < -0.3 is 0 Å². The minimum atomic E-state index is -4.94. The van der Waals surface area contributed by atoms with E-state index in [9.17, 15) is 19.5 Å². The molecule has 0 spiro atoms. The molecule has 22 heavy (non-hydrogen) atoms. The molecule has 0 aliphatic carbocycles. The zero-order valence-corrected chi connectivity index (χ0v) is 12.3. The molecule has 0 saturated carbocycles. The summed E-state index contributed by atoms with van der Waals surface area (Å²) in [5.74, 6) is -0.401. The quantitative estimate of drug-likeness (QED) is 0.640. The second-order valence-corrected chi connectivity index (χ2v) is 5.98. The van der Waals surface area contributed by atoms with Crippen LogP contribution in [0.25, 0.3) is 22.3 Å². The molecule has 2 aromatic carbocycles. The predicted molar refractivity (Wildman–Crippen MR) is 83.5 cm³/mol. The summed E-state index contributed by atoms with van der Waals surface area (Å²) in [5.41, 5.74) is 0.258. The van der Waals surface area contributed by atoms with Crippen molar-refractivity contribution in [1.82, 2.24) is 0 Å². The van der Waals surface area contributed by atoms with Gasteiger partial charge in [0, 0.05) is 0 Å². The number of fused-ring (bicyclic) bond motifs is 1. The van der Waals surface area contributed by atoms with Gasteiger partial charge in [-0.2, -0.15) is 0 Å². The molecule has 0 saturated heterocycles. The van der Waals surface area contributed by atoms with E-state index in [-0.39, 0.29) is 11.1 Å². The van der Waals surface area contributed by atoms with Crippen molar-refractivity contribution in [2.24, 2.45) is 0 Å². The molecule has 0 radical (unpaired) electrons. The van der Waals surface area contributed by atoms with Crippen LogP contribution in [-0.2, 0) is 0 Å². The molecule has 114 valence electrons. The Morgan fingerprint density at radius 1 is 0.909 bits per heavy atom. The second-order valence-electron chi connectivity index (χ2n) is 4.63. The molecule has 0 atom stereocenters. The third kappa shape index (κ3) is 2.86. The Morgan fingerprint density at radius 3 is 2.23 bits per heavy atom. The van der Waals surface area contributed by atoms with E-state index in [0.29, 0.717) is 11.1 Å². The fraction of sp³-hybridized carbons (Fsp3) is 0. The molecule has 0 aliphatic rings. The summed E-state index contributed by atoms with van der Waals surface area (Å²) >= 11 is 0. The Kier molecular flexibility index (Phi) is 3.68. The van der Waals surface area contributed by atoms with Crippen molar-refractivity contribution < 1.29 is 23.6 Å². The number of hydrogen-bond donors (Lipinski definition) is 3. The van der Waals surface area contributed by atoms with Gasteiger partial charge in [0.2, 0.25) is 0 Å². The molecule has 0 aliphatic heterocycles. The Morgan fingerprint density at radius 2 is 1.55 bits per heavy atom. The van der Waals surface area contributed by atoms with Crippen molar-refractivity contribution in [2.45, 2.75) is 0 Å². The van der Waals surface area contributed by atoms with Gasteiger partial charge in [0.05, 0.1) is 0 Å². The fourth-order valence-corrected chi connectivity index (χ4v) is 2.59. The van der Waals surface area contributed by atoms with Crippen LogP contribution < -0.4 is 9.95 Å². The SMILES string of the molecule is O=c1c(O[PH](O)(O)O)c(-c2ccccc2)oc2ccccc12. The van der Waals surface area contributed by atoms with E-state index in [0.717, 1.165) is 0 Å². The van der Waals surface area contributed by atoms with Crippen molar-refractivity contribution in [3.63, 3.8) is 0 Å². The predicted octanol–water partition coefficient (Wildman–Crippen LogP) is 2.23. The third-order valence-corrected chi connectivity index (χ3v) is 3.51. The molecule has 6 nitrogen and oxygen atoms in total. The van der Waals surface area contributed by atoms with Crippen molar-refractivity contribution in [1.29, 1.82) is 0 Å². The zero-order valence-electron chi connectivity index (χ0n) is 11.3. The van der Waals surface area contributed by atoms with Gasteiger partial charge in [0.15, 0.2) is 0 Å². The topological polar surface area (TPSA) is 100 Å². The van der Waals surface area contributed by atoms with Gasteiger partial charge >= 0.3 is 125 Å². The average Bonchev–Trinajstić information content (AvgIpc) is 2.50. The maximum atomic E-state index is 12.5. The van der Waals surface area contributed by atoms with E-state index in [2.05, 4.69) is 0 Å². The van der Waals surface area contributed by atoms with Crippen LogP contribution in [0.2, 0.25) is 0 Å². The van der Waals surface area contributed by atoms with Crippen LogP contribution in [0.4, 0.5) is 0 Å². The van der Waals surface area contributed by atoms with Crippen LogP contribution in [0, 0.1) is 0 Å². The van der Waals surface area contributed by atoms with Crippen LogP contribution in [0.15, 0.2) is 63.8 Å². The Balaban J connectivity index is 2.33. The summed E-state index contributed by atoms with van der Waals surface area (Å²) in [6.07, 6.45) is 0. The monoisotopic (exact) mass is 320 g/mol. The molecule has 0 unspecified atom stereocenters. The average molecular weight is 320 g/mol. The molecule has 0 bridgehead atoms. The van der Waals surface area contributed by atoms with Gasteiger partial charge in [0.25, 0.3) is 0 Å². The molecule has 1 aromatic heterocycles. The number of benzene rings is 2. The summed E-state index contributed by atoms with van der Waals surface area (Å²) in [6, 6.07) is 15.1. The van der Waals surface area contributed by atoms with Gasteiger partial charge in [-0.1, -0.05) is 0 Å². The Labute approximate surface area is 125 Å². The molecule has 3 N–H and O–H groups in total. The summed E-state index contributed by atoms with van der Waals surface area (Å²) in [6.45, 7) is 0. The van der Waals surface area contributed by atoms with Crippen LogP contribution >= 0.6 is 8.17 Å². The Bertz CT molecular complexity index is 867. The molecule has 3 rings (SSSR count). The minimum absolute atomic E-state index is 0.0262. The normalized spacial score (nSPS) is 12.3. The maximum absolute atomic E-state index is 12.5. The van der Waals surface area contributed by atoms with Crippen molar-refractivity contribution >= 4 is 19.1 Å². The van der Waals surface area contributed by atoms with Gasteiger partial charge in [-0.05, 0) is 0 Å².